The smallest absolute Gasteiger partial charge is 0.150 e. The van der Waals surface area contributed by atoms with Gasteiger partial charge in [0.15, 0.2) is 0 Å². The van der Waals surface area contributed by atoms with Crippen LogP contribution < -0.4 is 0 Å². The van der Waals surface area contributed by atoms with Crippen LogP contribution >= 0.6 is 0 Å². The highest BCUT2D eigenvalue weighted by Crippen LogP contribution is 2.21. The van der Waals surface area contributed by atoms with Crippen LogP contribution in [0.5, 0.6) is 0 Å². The molecule has 0 bridgehead atoms. The Morgan fingerprint density at radius 1 is 1.00 bits per heavy atom. The van der Waals surface area contributed by atoms with E-state index in [9.17, 15) is 4.79 Å². The molecule has 0 heterocycles. The minimum atomic E-state index is -0.116. The second-order valence-corrected chi connectivity index (χ2v) is 3.56. The lowest BCUT2D eigenvalue weighted by atomic mass is 10.00. The fraction of sp³-hybridized carbons (Fsp3) is 0.0714. The third kappa shape index (κ3) is 2.02. The van der Waals surface area contributed by atoms with Gasteiger partial charge in [-0.1, -0.05) is 42.5 Å². The number of carbonyl (C=O) groups is 1. The first-order valence-electron chi connectivity index (χ1n) is 5.09. The van der Waals surface area contributed by atoms with Gasteiger partial charge in [-0.15, -0.1) is 0 Å². The Hall–Kier alpha value is -1.93. The van der Waals surface area contributed by atoms with Crippen molar-refractivity contribution in [1.29, 1.82) is 0 Å². The van der Waals surface area contributed by atoms with Crippen molar-refractivity contribution < 1.29 is 9.90 Å². The Morgan fingerprint density at radius 3 is 2.38 bits per heavy atom. The van der Waals surface area contributed by atoms with Gasteiger partial charge in [-0.05, 0) is 22.8 Å². The summed E-state index contributed by atoms with van der Waals surface area (Å²) in [6.07, 6.45) is 0.764. The molecule has 0 amide bonds. The van der Waals surface area contributed by atoms with E-state index in [-0.39, 0.29) is 6.61 Å². The fourth-order valence-electron chi connectivity index (χ4n) is 1.67. The molecular formula is C14H12O2. The summed E-state index contributed by atoms with van der Waals surface area (Å²) >= 11 is 0. The first-order valence-corrected chi connectivity index (χ1v) is 5.09. The van der Waals surface area contributed by atoms with Crippen molar-refractivity contribution in [2.24, 2.45) is 0 Å². The minimum Gasteiger partial charge on any atom is -0.392 e. The maximum Gasteiger partial charge on any atom is 0.150 e. The highest BCUT2D eigenvalue weighted by Gasteiger charge is 2.03. The molecule has 1 N–H and O–H groups in total. The highest BCUT2D eigenvalue weighted by atomic mass is 16.3. The quantitative estimate of drug-likeness (QED) is 0.794. The topological polar surface area (TPSA) is 37.3 Å². The van der Waals surface area contributed by atoms with E-state index in [1.807, 2.05) is 42.5 Å². The third-order valence-corrected chi connectivity index (χ3v) is 2.55. The number of aldehydes is 1. The standard InChI is InChI=1S/C14H12O2/c15-9-13-7-6-12(8-14(13)10-16)11-4-2-1-3-5-11/h1-9,16H,10H2. The lowest BCUT2D eigenvalue weighted by Gasteiger charge is -2.06. The zero-order valence-corrected chi connectivity index (χ0v) is 8.76. The van der Waals surface area contributed by atoms with Crippen molar-refractivity contribution in [1.82, 2.24) is 0 Å². The maximum atomic E-state index is 10.7. The van der Waals surface area contributed by atoms with Gasteiger partial charge in [0.05, 0.1) is 6.61 Å². The SMILES string of the molecule is O=Cc1ccc(-c2ccccc2)cc1CO. The molecule has 2 heteroatoms. The van der Waals surface area contributed by atoms with Crippen LogP contribution in [0.3, 0.4) is 0 Å². The van der Waals surface area contributed by atoms with E-state index in [4.69, 9.17) is 5.11 Å². The van der Waals surface area contributed by atoms with Crippen molar-refractivity contribution in [3.05, 3.63) is 59.7 Å². The summed E-state index contributed by atoms with van der Waals surface area (Å²) < 4.78 is 0. The highest BCUT2D eigenvalue weighted by molar-refractivity contribution is 5.79. The average molecular weight is 212 g/mol. The number of aliphatic hydroxyl groups is 1. The number of hydrogen-bond donors (Lipinski definition) is 1. The Kier molecular flexibility index (Phi) is 3.13. The van der Waals surface area contributed by atoms with Crippen molar-refractivity contribution in [2.75, 3.05) is 0 Å². The van der Waals surface area contributed by atoms with E-state index < -0.39 is 0 Å². The summed E-state index contributed by atoms with van der Waals surface area (Å²) in [7, 11) is 0. The van der Waals surface area contributed by atoms with Crippen molar-refractivity contribution in [3.8, 4) is 11.1 Å². The van der Waals surface area contributed by atoms with Gasteiger partial charge in [-0.2, -0.15) is 0 Å². The van der Waals surface area contributed by atoms with Crippen LogP contribution in [0.1, 0.15) is 15.9 Å². The van der Waals surface area contributed by atoms with Gasteiger partial charge in [0.1, 0.15) is 6.29 Å². The summed E-state index contributed by atoms with van der Waals surface area (Å²) in [6, 6.07) is 15.3. The van der Waals surface area contributed by atoms with Gasteiger partial charge in [-0.25, -0.2) is 0 Å². The molecule has 0 aliphatic carbocycles. The number of hydrogen-bond acceptors (Lipinski definition) is 2. The van der Waals surface area contributed by atoms with Crippen molar-refractivity contribution in [3.63, 3.8) is 0 Å². The third-order valence-electron chi connectivity index (χ3n) is 2.55. The summed E-state index contributed by atoms with van der Waals surface area (Å²) in [5.41, 5.74) is 3.29. The van der Waals surface area contributed by atoms with Crippen LogP contribution in [-0.2, 0) is 6.61 Å². The van der Waals surface area contributed by atoms with Crippen LogP contribution in [0.15, 0.2) is 48.5 Å². The predicted octanol–water partition coefficient (Wildman–Crippen LogP) is 2.66. The van der Waals surface area contributed by atoms with Crippen LogP contribution in [0, 0.1) is 0 Å². The first kappa shape index (κ1) is 10.6. The minimum absolute atomic E-state index is 0.116. The van der Waals surface area contributed by atoms with Gasteiger partial charge >= 0.3 is 0 Å². The molecule has 2 rings (SSSR count). The second-order valence-electron chi connectivity index (χ2n) is 3.56. The average Bonchev–Trinajstić information content (AvgIpc) is 2.39. The molecule has 80 valence electrons. The summed E-state index contributed by atoms with van der Waals surface area (Å²) in [5, 5.41) is 9.16. The Labute approximate surface area is 94.2 Å². The number of carbonyl (C=O) groups excluding carboxylic acids is 1. The van der Waals surface area contributed by atoms with Gasteiger partial charge in [0, 0.05) is 5.56 Å². The summed E-state index contributed by atoms with van der Waals surface area (Å²) in [5.74, 6) is 0. The largest absolute Gasteiger partial charge is 0.392 e. The molecule has 2 nitrogen and oxygen atoms in total. The van der Waals surface area contributed by atoms with Crippen LogP contribution in [0.4, 0.5) is 0 Å². The van der Waals surface area contributed by atoms with E-state index in [1.165, 1.54) is 0 Å². The van der Waals surface area contributed by atoms with Gasteiger partial charge in [-0.3, -0.25) is 4.79 Å². The molecule has 0 fully saturated rings. The number of rotatable bonds is 3. The second kappa shape index (κ2) is 4.73. The lowest BCUT2D eigenvalue weighted by Crippen LogP contribution is -1.92. The monoisotopic (exact) mass is 212 g/mol. The number of benzene rings is 2. The van der Waals surface area contributed by atoms with Gasteiger partial charge in [0.25, 0.3) is 0 Å². The predicted molar refractivity (Wildman–Crippen MR) is 63.2 cm³/mol. The van der Waals surface area contributed by atoms with Crippen molar-refractivity contribution >= 4 is 6.29 Å². The number of aliphatic hydroxyl groups excluding tert-OH is 1. The van der Waals surface area contributed by atoms with Gasteiger partial charge < -0.3 is 5.11 Å². The van der Waals surface area contributed by atoms with E-state index in [1.54, 1.807) is 6.07 Å². The molecule has 0 atom stereocenters. The Bertz CT molecular complexity index is 489. The van der Waals surface area contributed by atoms with E-state index in [0.29, 0.717) is 11.1 Å². The normalized spacial score (nSPS) is 10.1. The Morgan fingerprint density at radius 2 is 1.75 bits per heavy atom. The molecule has 0 aliphatic heterocycles. The van der Waals surface area contributed by atoms with E-state index in [0.717, 1.165) is 17.4 Å². The van der Waals surface area contributed by atoms with Gasteiger partial charge in [0.2, 0.25) is 0 Å². The summed E-state index contributed by atoms with van der Waals surface area (Å²) in [4.78, 5) is 10.7. The van der Waals surface area contributed by atoms with E-state index in [2.05, 4.69) is 0 Å². The molecule has 0 unspecified atom stereocenters. The van der Waals surface area contributed by atoms with Crippen LogP contribution in [0.2, 0.25) is 0 Å². The van der Waals surface area contributed by atoms with Crippen LogP contribution in [0.25, 0.3) is 11.1 Å². The lowest BCUT2D eigenvalue weighted by molar-refractivity contribution is 0.112. The summed E-state index contributed by atoms with van der Waals surface area (Å²) in [6.45, 7) is -0.116. The molecule has 0 radical (unpaired) electrons. The fourth-order valence-corrected chi connectivity index (χ4v) is 1.67. The zero-order chi connectivity index (χ0) is 11.4. The maximum absolute atomic E-state index is 10.7. The molecule has 2 aromatic rings. The molecule has 0 saturated carbocycles. The Balaban J connectivity index is 2.48. The molecular weight excluding hydrogens is 200 g/mol. The zero-order valence-electron chi connectivity index (χ0n) is 8.76. The molecule has 2 aromatic carbocycles. The van der Waals surface area contributed by atoms with Crippen LogP contribution in [-0.4, -0.2) is 11.4 Å². The molecule has 0 saturated heterocycles. The molecule has 16 heavy (non-hydrogen) atoms. The molecule has 0 aromatic heterocycles. The molecule has 0 aliphatic rings. The first-order chi connectivity index (χ1) is 7.85. The molecule has 0 spiro atoms. The van der Waals surface area contributed by atoms with E-state index >= 15 is 0 Å². The van der Waals surface area contributed by atoms with Crippen molar-refractivity contribution in [2.45, 2.75) is 6.61 Å².